The number of nitrogens with two attached hydrogens (primary N) is 1. The second-order valence-corrected chi connectivity index (χ2v) is 2.48. The highest BCUT2D eigenvalue weighted by molar-refractivity contribution is 4.74. The lowest BCUT2D eigenvalue weighted by Crippen LogP contribution is -2.21. The smallest absolute Gasteiger partial charge is 0.0945 e. The van der Waals surface area contributed by atoms with Crippen LogP contribution in [0.4, 0.5) is 0 Å². The molecule has 0 radical (unpaired) electrons. The summed E-state index contributed by atoms with van der Waals surface area (Å²) in [6.07, 6.45) is 5.60. The molecule has 1 atom stereocenters. The molecular formula is C7H13N3O. The summed E-state index contributed by atoms with van der Waals surface area (Å²) in [5, 5.41) is 9.10. The van der Waals surface area contributed by atoms with Crippen LogP contribution >= 0.6 is 0 Å². The molecule has 0 aliphatic carbocycles. The highest BCUT2D eigenvalue weighted by Gasteiger charge is 1.99. The Balaban J connectivity index is 2.23. The van der Waals surface area contributed by atoms with E-state index < -0.39 is 6.10 Å². The minimum Gasteiger partial charge on any atom is -0.392 e. The third-order valence-electron chi connectivity index (χ3n) is 1.55. The first-order chi connectivity index (χ1) is 5.33. The summed E-state index contributed by atoms with van der Waals surface area (Å²) in [5.74, 6) is 0. The normalized spacial score (nSPS) is 13.3. The second kappa shape index (κ2) is 4.10. The summed E-state index contributed by atoms with van der Waals surface area (Å²) in [7, 11) is 0. The predicted molar refractivity (Wildman–Crippen MR) is 41.9 cm³/mol. The van der Waals surface area contributed by atoms with E-state index in [1.165, 1.54) is 0 Å². The van der Waals surface area contributed by atoms with Gasteiger partial charge in [0.15, 0.2) is 0 Å². The van der Waals surface area contributed by atoms with Gasteiger partial charge in [-0.15, -0.1) is 0 Å². The molecule has 0 aliphatic rings. The van der Waals surface area contributed by atoms with E-state index in [-0.39, 0.29) is 0 Å². The van der Waals surface area contributed by atoms with Crippen LogP contribution in [0.5, 0.6) is 0 Å². The summed E-state index contributed by atoms with van der Waals surface area (Å²) in [6.45, 7) is 1.10. The Morgan fingerprint density at radius 1 is 1.64 bits per heavy atom. The molecule has 0 amide bonds. The quantitative estimate of drug-likeness (QED) is 0.621. The molecule has 4 nitrogen and oxygen atoms in total. The number of aliphatic hydroxyl groups is 1. The zero-order valence-electron chi connectivity index (χ0n) is 6.35. The molecule has 11 heavy (non-hydrogen) atoms. The van der Waals surface area contributed by atoms with E-state index >= 15 is 0 Å². The van der Waals surface area contributed by atoms with Gasteiger partial charge in [-0.05, 0) is 6.42 Å². The highest BCUT2D eigenvalue weighted by Crippen LogP contribution is 1.94. The first-order valence-electron chi connectivity index (χ1n) is 3.67. The molecule has 0 aromatic carbocycles. The number of nitrogens with zero attached hydrogens (tertiary/aromatic N) is 2. The van der Waals surface area contributed by atoms with Gasteiger partial charge in [0.2, 0.25) is 0 Å². The third kappa shape index (κ3) is 2.69. The Morgan fingerprint density at radius 3 is 3.00 bits per heavy atom. The molecule has 0 aliphatic heterocycles. The Hall–Kier alpha value is -0.870. The zero-order valence-corrected chi connectivity index (χ0v) is 6.35. The summed E-state index contributed by atoms with van der Waals surface area (Å²) in [4.78, 5) is 3.88. The Kier molecular flexibility index (Phi) is 3.07. The van der Waals surface area contributed by atoms with Crippen LogP contribution in [0.2, 0.25) is 0 Å². The lowest BCUT2D eigenvalue weighted by atomic mass is 10.2. The molecule has 1 unspecified atom stereocenters. The van der Waals surface area contributed by atoms with Crippen LogP contribution < -0.4 is 5.73 Å². The standard InChI is InChI=1S/C7H13N3O/c8-5-7(11)1-3-10-4-2-9-6-10/h2,4,6-7,11H,1,3,5,8H2. The Labute approximate surface area is 65.7 Å². The highest BCUT2D eigenvalue weighted by atomic mass is 16.3. The topological polar surface area (TPSA) is 64.1 Å². The van der Waals surface area contributed by atoms with Crippen molar-refractivity contribution >= 4 is 0 Å². The second-order valence-electron chi connectivity index (χ2n) is 2.48. The van der Waals surface area contributed by atoms with Gasteiger partial charge in [0, 0.05) is 25.5 Å². The van der Waals surface area contributed by atoms with Gasteiger partial charge in [-0.3, -0.25) is 0 Å². The molecule has 0 fully saturated rings. The largest absolute Gasteiger partial charge is 0.392 e. The van der Waals surface area contributed by atoms with E-state index in [0.29, 0.717) is 13.0 Å². The van der Waals surface area contributed by atoms with Crippen molar-refractivity contribution in [3.63, 3.8) is 0 Å². The van der Waals surface area contributed by atoms with Crippen LogP contribution in [0.15, 0.2) is 18.7 Å². The van der Waals surface area contributed by atoms with E-state index in [2.05, 4.69) is 4.98 Å². The average Bonchev–Trinajstić information content (AvgIpc) is 2.52. The van der Waals surface area contributed by atoms with Crippen LogP contribution in [-0.4, -0.2) is 27.3 Å². The number of aromatic nitrogens is 2. The van der Waals surface area contributed by atoms with Crippen LogP contribution in [-0.2, 0) is 6.54 Å². The van der Waals surface area contributed by atoms with Gasteiger partial charge in [0.05, 0.1) is 12.4 Å². The van der Waals surface area contributed by atoms with E-state index in [9.17, 15) is 0 Å². The Bertz CT molecular complexity index is 186. The van der Waals surface area contributed by atoms with Gasteiger partial charge in [-0.1, -0.05) is 0 Å². The Morgan fingerprint density at radius 2 is 2.45 bits per heavy atom. The van der Waals surface area contributed by atoms with E-state index in [4.69, 9.17) is 10.8 Å². The first-order valence-corrected chi connectivity index (χ1v) is 3.67. The monoisotopic (exact) mass is 155 g/mol. The van der Waals surface area contributed by atoms with Crippen molar-refractivity contribution in [1.29, 1.82) is 0 Å². The van der Waals surface area contributed by atoms with Gasteiger partial charge >= 0.3 is 0 Å². The van der Waals surface area contributed by atoms with Crippen molar-refractivity contribution in [3.8, 4) is 0 Å². The summed E-state index contributed by atoms with van der Waals surface area (Å²) in [6, 6.07) is 0. The van der Waals surface area contributed by atoms with E-state index in [0.717, 1.165) is 6.54 Å². The number of aryl methyl sites for hydroxylation is 1. The van der Waals surface area contributed by atoms with Crippen LogP contribution in [0, 0.1) is 0 Å². The molecule has 0 bridgehead atoms. The maximum absolute atomic E-state index is 9.10. The molecule has 4 heteroatoms. The molecule has 62 valence electrons. The fourth-order valence-corrected chi connectivity index (χ4v) is 0.835. The molecular weight excluding hydrogens is 142 g/mol. The minimum atomic E-state index is -0.391. The van der Waals surface area contributed by atoms with Gasteiger partial charge < -0.3 is 15.4 Å². The predicted octanol–water partition coefficient (Wildman–Crippen LogP) is -0.407. The lowest BCUT2D eigenvalue weighted by Gasteiger charge is -2.06. The summed E-state index contributed by atoms with van der Waals surface area (Å²) in [5.41, 5.74) is 5.24. The molecule has 1 aromatic heterocycles. The molecule has 3 N–H and O–H groups in total. The van der Waals surface area contributed by atoms with Crippen molar-refractivity contribution < 1.29 is 5.11 Å². The maximum atomic E-state index is 9.10. The lowest BCUT2D eigenvalue weighted by molar-refractivity contribution is 0.166. The SMILES string of the molecule is NCC(O)CCn1ccnc1. The number of hydrogen-bond donors (Lipinski definition) is 2. The van der Waals surface area contributed by atoms with Crippen molar-refractivity contribution in [2.75, 3.05) is 6.54 Å². The van der Waals surface area contributed by atoms with Crippen molar-refractivity contribution in [2.45, 2.75) is 19.1 Å². The van der Waals surface area contributed by atoms with Gasteiger partial charge in [-0.2, -0.15) is 0 Å². The maximum Gasteiger partial charge on any atom is 0.0945 e. The zero-order chi connectivity index (χ0) is 8.10. The van der Waals surface area contributed by atoms with Crippen molar-refractivity contribution in [1.82, 2.24) is 9.55 Å². The van der Waals surface area contributed by atoms with Crippen LogP contribution in [0.1, 0.15) is 6.42 Å². The van der Waals surface area contributed by atoms with Crippen molar-refractivity contribution in [3.05, 3.63) is 18.7 Å². The summed E-state index contributed by atoms with van der Waals surface area (Å²) >= 11 is 0. The van der Waals surface area contributed by atoms with Gasteiger partial charge in [0.25, 0.3) is 0 Å². The van der Waals surface area contributed by atoms with E-state index in [1.54, 1.807) is 12.5 Å². The number of hydrogen-bond acceptors (Lipinski definition) is 3. The van der Waals surface area contributed by atoms with Crippen LogP contribution in [0.25, 0.3) is 0 Å². The minimum absolute atomic E-state index is 0.328. The molecule has 0 spiro atoms. The number of rotatable bonds is 4. The molecule has 0 saturated carbocycles. The molecule has 0 saturated heterocycles. The third-order valence-corrected chi connectivity index (χ3v) is 1.55. The molecule has 1 heterocycles. The number of imidazole rings is 1. The van der Waals surface area contributed by atoms with Crippen molar-refractivity contribution in [2.24, 2.45) is 5.73 Å². The average molecular weight is 155 g/mol. The fraction of sp³-hybridized carbons (Fsp3) is 0.571. The van der Waals surface area contributed by atoms with E-state index in [1.807, 2.05) is 10.8 Å². The first kappa shape index (κ1) is 8.23. The fourth-order valence-electron chi connectivity index (χ4n) is 0.835. The van der Waals surface area contributed by atoms with Gasteiger partial charge in [-0.25, -0.2) is 4.98 Å². The summed E-state index contributed by atoms with van der Waals surface area (Å²) < 4.78 is 1.92. The van der Waals surface area contributed by atoms with Crippen LogP contribution in [0.3, 0.4) is 0 Å². The molecule has 1 aromatic rings. The number of aliphatic hydroxyl groups excluding tert-OH is 1. The van der Waals surface area contributed by atoms with Gasteiger partial charge in [0.1, 0.15) is 0 Å². The molecule has 1 rings (SSSR count).